The average molecular weight is 671 g/mol. The number of benzene rings is 4. The topological polar surface area (TPSA) is 86.8 Å². The Labute approximate surface area is 273 Å². The Bertz CT molecular complexity index is 1720. The predicted molar refractivity (Wildman–Crippen MR) is 176 cm³/mol. The number of anilines is 1. The Morgan fingerprint density at radius 3 is 2.16 bits per heavy atom. The van der Waals surface area contributed by atoms with E-state index in [1.807, 2.05) is 44.2 Å². The highest BCUT2D eigenvalue weighted by molar-refractivity contribution is 7.92. The third-order valence-corrected chi connectivity index (χ3v) is 9.69. The summed E-state index contributed by atoms with van der Waals surface area (Å²) in [4.78, 5) is 29.4. The van der Waals surface area contributed by atoms with E-state index >= 15 is 0 Å². The number of nitrogens with zero attached hydrogens (tertiary/aromatic N) is 2. The predicted octanol–water partition coefficient (Wildman–Crippen LogP) is 6.80. The molecule has 0 unspecified atom stereocenters. The Morgan fingerprint density at radius 1 is 0.867 bits per heavy atom. The van der Waals surface area contributed by atoms with Crippen LogP contribution in [0.2, 0.25) is 10.0 Å². The van der Waals surface area contributed by atoms with Crippen LogP contribution in [-0.2, 0) is 32.6 Å². The first-order valence-electron chi connectivity index (χ1n) is 14.4. The number of amides is 2. The lowest BCUT2D eigenvalue weighted by molar-refractivity contribution is -0.140. The fourth-order valence-corrected chi connectivity index (χ4v) is 6.41. The molecule has 0 spiro atoms. The van der Waals surface area contributed by atoms with E-state index in [-0.39, 0.29) is 33.6 Å². The van der Waals surface area contributed by atoms with Crippen LogP contribution in [0.5, 0.6) is 0 Å². The number of aryl methyl sites for hydroxylation is 1. The highest BCUT2D eigenvalue weighted by atomic mass is 35.5. The zero-order valence-electron chi connectivity index (χ0n) is 24.9. The maximum atomic E-state index is 14.4. The monoisotopic (exact) mass is 669 g/mol. The quantitative estimate of drug-likeness (QED) is 0.170. The maximum Gasteiger partial charge on any atom is 0.264 e. The SMILES string of the molecule is CCCNC(=O)[C@@H](Cc1ccccc1)N(Cc1ccc(F)cc1)C(=O)CN(c1ccc(Cl)c(Cl)c1)S(=O)(=O)c1ccc(C)cc1. The lowest BCUT2D eigenvalue weighted by Crippen LogP contribution is -2.53. The summed E-state index contributed by atoms with van der Waals surface area (Å²) >= 11 is 12.4. The summed E-state index contributed by atoms with van der Waals surface area (Å²) in [6.45, 7) is 3.41. The molecule has 4 aromatic rings. The van der Waals surface area contributed by atoms with E-state index in [0.717, 1.165) is 15.4 Å². The van der Waals surface area contributed by atoms with Crippen molar-refractivity contribution < 1.29 is 22.4 Å². The van der Waals surface area contributed by atoms with Crippen molar-refractivity contribution in [2.24, 2.45) is 0 Å². The minimum Gasteiger partial charge on any atom is -0.354 e. The van der Waals surface area contributed by atoms with Crippen molar-refractivity contribution in [3.05, 3.63) is 130 Å². The first-order valence-corrected chi connectivity index (χ1v) is 16.6. The molecule has 0 bridgehead atoms. The smallest absolute Gasteiger partial charge is 0.264 e. The van der Waals surface area contributed by atoms with Crippen LogP contribution < -0.4 is 9.62 Å². The van der Waals surface area contributed by atoms with Gasteiger partial charge in [0.15, 0.2) is 0 Å². The van der Waals surface area contributed by atoms with Crippen LogP contribution in [0, 0.1) is 12.7 Å². The largest absolute Gasteiger partial charge is 0.354 e. The second-order valence-electron chi connectivity index (χ2n) is 10.6. The zero-order valence-corrected chi connectivity index (χ0v) is 27.2. The van der Waals surface area contributed by atoms with Crippen LogP contribution in [0.1, 0.15) is 30.0 Å². The number of rotatable bonds is 13. The normalized spacial score (nSPS) is 11.9. The fourth-order valence-electron chi connectivity index (χ4n) is 4.71. The van der Waals surface area contributed by atoms with Gasteiger partial charge in [-0.05, 0) is 66.9 Å². The molecule has 236 valence electrons. The lowest BCUT2D eigenvalue weighted by Gasteiger charge is -2.34. The van der Waals surface area contributed by atoms with Gasteiger partial charge in [0.25, 0.3) is 10.0 Å². The van der Waals surface area contributed by atoms with Crippen molar-refractivity contribution in [2.45, 2.75) is 44.2 Å². The molecule has 0 fully saturated rings. The summed E-state index contributed by atoms with van der Waals surface area (Å²) in [5, 5.41) is 3.21. The minimum atomic E-state index is -4.29. The third kappa shape index (κ3) is 8.84. The van der Waals surface area contributed by atoms with Crippen LogP contribution >= 0.6 is 23.2 Å². The van der Waals surface area contributed by atoms with Crippen molar-refractivity contribution >= 4 is 50.7 Å². The van der Waals surface area contributed by atoms with Crippen molar-refractivity contribution in [1.29, 1.82) is 0 Å². The van der Waals surface area contributed by atoms with E-state index in [1.54, 1.807) is 12.1 Å². The number of hydrogen-bond acceptors (Lipinski definition) is 4. The summed E-state index contributed by atoms with van der Waals surface area (Å²) in [6.07, 6.45) is 0.844. The third-order valence-electron chi connectivity index (χ3n) is 7.17. The van der Waals surface area contributed by atoms with Gasteiger partial charge in [-0.15, -0.1) is 0 Å². The van der Waals surface area contributed by atoms with Gasteiger partial charge >= 0.3 is 0 Å². The van der Waals surface area contributed by atoms with E-state index in [2.05, 4.69) is 5.32 Å². The summed E-state index contributed by atoms with van der Waals surface area (Å²) in [5.41, 5.74) is 2.35. The molecule has 45 heavy (non-hydrogen) atoms. The molecular weight excluding hydrogens is 636 g/mol. The molecule has 0 aliphatic heterocycles. The van der Waals surface area contributed by atoms with E-state index in [0.29, 0.717) is 18.5 Å². The average Bonchev–Trinajstić information content (AvgIpc) is 3.03. The van der Waals surface area contributed by atoms with Crippen LogP contribution in [0.3, 0.4) is 0 Å². The number of sulfonamides is 1. The summed E-state index contributed by atoms with van der Waals surface area (Å²) in [7, 11) is -4.29. The fraction of sp³-hybridized carbons (Fsp3) is 0.235. The minimum absolute atomic E-state index is 0.0291. The Kier molecular flexibility index (Phi) is 11.6. The number of nitrogens with one attached hydrogen (secondary N) is 1. The second kappa shape index (κ2) is 15.4. The number of halogens is 3. The van der Waals surface area contributed by atoms with Crippen molar-refractivity contribution in [1.82, 2.24) is 10.2 Å². The summed E-state index contributed by atoms with van der Waals surface area (Å²) < 4.78 is 42.9. The molecule has 0 aliphatic rings. The van der Waals surface area contributed by atoms with Gasteiger partial charge in [-0.1, -0.05) is 90.3 Å². The van der Waals surface area contributed by atoms with E-state index < -0.39 is 40.2 Å². The molecule has 0 heterocycles. The molecule has 2 amide bonds. The molecule has 11 heteroatoms. The Morgan fingerprint density at radius 2 is 1.53 bits per heavy atom. The highest BCUT2D eigenvalue weighted by Gasteiger charge is 2.34. The molecule has 0 radical (unpaired) electrons. The molecule has 7 nitrogen and oxygen atoms in total. The van der Waals surface area contributed by atoms with E-state index in [9.17, 15) is 22.4 Å². The van der Waals surface area contributed by atoms with Gasteiger partial charge in [0.1, 0.15) is 18.4 Å². The molecule has 0 saturated carbocycles. The van der Waals surface area contributed by atoms with Crippen LogP contribution in [-0.4, -0.2) is 44.3 Å². The lowest BCUT2D eigenvalue weighted by atomic mass is 10.0. The van der Waals surface area contributed by atoms with Gasteiger partial charge in [-0.25, -0.2) is 12.8 Å². The van der Waals surface area contributed by atoms with Crippen LogP contribution in [0.4, 0.5) is 10.1 Å². The summed E-state index contributed by atoms with van der Waals surface area (Å²) in [6, 6.07) is 24.4. The maximum absolute atomic E-state index is 14.4. The van der Waals surface area contributed by atoms with Crippen LogP contribution in [0.25, 0.3) is 0 Å². The van der Waals surface area contributed by atoms with Gasteiger partial charge in [0.05, 0.1) is 20.6 Å². The highest BCUT2D eigenvalue weighted by Crippen LogP contribution is 2.31. The number of carbonyl (C=O) groups is 2. The first-order chi connectivity index (χ1) is 21.5. The molecule has 0 aliphatic carbocycles. The Hall–Kier alpha value is -3.92. The van der Waals surface area contributed by atoms with Crippen LogP contribution in [0.15, 0.2) is 102 Å². The van der Waals surface area contributed by atoms with Crippen molar-refractivity contribution in [3.63, 3.8) is 0 Å². The van der Waals surface area contributed by atoms with Gasteiger partial charge in [0.2, 0.25) is 11.8 Å². The van der Waals surface area contributed by atoms with Crippen molar-refractivity contribution in [3.8, 4) is 0 Å². The van der Waals surface area contributed by atoms with Gasteiger partial charge < -0.3 is 10.2 Å². The molecule has 1 atom stereocenters. The first kappa shape index (κ1) is 34.0. The number of hydrogen-bond donors (Lipinski definition) is 1. The van der Waals surface area contributed by atoms with Crippen molar-refractivity contribution in [2.75, 3.05) is 17.4 Å². The van der Waals surface area contributed by atoms with Gasteiger partial charge in [0, 0.05) is 19.5 Å². The van der Waals surface area contributed by atoms with Gasteiger partial charge in [-0.2, -0.15) is 0 Å². The Balaban J connectivity index is 1.81. The summed E-state index contributed by atoms with van der Waals surface area (Å²) in [5.74, 6) is -1.49. The molecule has 4 aromatic carbocycles. The molecule has 0 aromatic heterocycles. The molecule has 0 saturated heterocycles. The molecule has 4 rings (SSSR count). The zero-order chi connectivity index (χ0) is 32.6. The molecular formula is C34H34Cl2FN3O4S. The standard InChI is InChI=1S/C34H34Cl2FN3O4S/c1-3-19-38-34(42)32(20-25-7-5-4-6-8-25)39(22-26-11-13-27(37)14-12-26)33(41)23-40(28-15-18-30(35)31(36)21-28)45(43,44)29-16-9-24(2)10-17-29/h4-18,21,32H,3,19-20,22-23H2,1-2H3,(H,38,42)/t32-/m1/s1. The molecule has 1 N–H and O–H groups in total. The van der Waals surface area contributed by atoms with Gasteiger partial charge in [-0.3, -0.25) is 13.9 Å². The number of carbonyl (C=O) groups excluding carboxylic acids is 2. The second-order valence-corrected chi connectivity index (χ2v) is 13.2. The van der Waals surface area contributed by atoms with E-state index in [1.165, 1.54) is 59.5 Å². The van der Waals surface area contributed by atoms with E-state index in [4.69, 9.17) is 23.2 Å².